The zero-order valence-electron chi connectivity index (χ0n) is 18.3. The number of halogens is 1. The second-order valence-electron chi connectivity index (χ2n) is 7.73. The van der Waals surface area contributed by atoms with E-state index in [1.807, 2.05) is 24.4 Å². The predicted molar refractivity (Wildman–Crippen MR) is 124 cm³/mol. The van der Waals surface area contributed by atoms with Crippen molar-refractivity contribution in [2.24, 2.45) is 0 Å². The zero-order chi connectivity index (χ0) is 22.9. The summed E-state index contributed by atoms with van der Waals surface area (Å²) >= 11 is 0. The standard InChI is InChI=1S/C27H22FNO4/c1-3-29-15-18(22-13-19(31-2)9-11-24(22)29)12-26-27(30)21-10-8-20(14-25(21)33-26)32-16-17-6-4-5-7-23(17)28/h4-15H,3,16H2,1-2H3/b26-12+. The summed E-state index contributed by atoms with van der Waals surface area (Å²) in [7, 11) is 1.63. The Morgan fingerprint density at radius 3 is 2.67 bits per heavy atom. The monoisotopic (exact) mass is 443 g/mol. The number of aryl methyl sites for hydroxylation is 1. The SMILES string of the molecule is CCn1cc(/C=C2/Oc3cc(OCc4ccccc4F)ccc3C2=O)c2cc(OC)ccc21. The number of aromatic nitrogens is 1. The Morgan fingerprint density at radius 1 is 1.06 bits per heavy atom. The van der Waals surface area contributed by atoms with Gasteiger partial charge in [0, 0.05) is 40.8 Å². The Morgan fingerprint density at radius 2 is 1.88 bits per heavy atom. The summed E-state index contributed by atoms with van der Waals surface area (Å²) < 4.78 is 33.0. The highest BCUT2D eigenvalue weighted by Crippen LogP contribution is 2.36. The molecule has 0 atom stereocenters. The van der Waals surface area contributed by atoms with E-state index < -0.39 is 0 Å². The van der Waals surface area contributed by atoms with Gasteiger partial charge in [0.2, 0.25) is 5.78 Å². The van der Waals surface area contributed by atoms with E-state index in [1.54, 1.807) is 49.6 Å². The van der Waals surface area contributed by atoms with Crippen molar-refractivity contribution in [1.29, 1.82) is 0 Å². The number of nitrogens with zero attached hydrogens (tertiary/aromatic N) is 1. The summed E-state index contributed by atoms with van der Waals surface area (Å²) in [4.78, 5) is 13.0. The molecular formula is C27H22FNO4. The van der Waals surface area contributed by atoms with Crippen molar-refractivity contribution in [3.8, 4) is 17.2 Å². The average Bonchev–Trinajstić information content (AvgIpc) is 3.35. The summed E-state index contributed by atoms with van der Waals surface area (Å²) in [5.41, 5.74) is 2.85. The van der Waals surface area contributed by atoms with Gasteiger partial charge in [-0.3, -0.25) is 4.79 Å². The summed E-state index contributed by atoms with van der Waals surface area (Å²) in [6.07, 6.45) is 3.76. The van der Waals surface area contributed by atoms with Gasteiger partial charge in [-0.2, -0.15) is 0 Å². The van der Waals surface area contributed by atoms with E-state index in [0.29, 0.717) is 22.6 Å². The molecule has 4 aromatic rings. The van der Waals surface area contributed by atoms with E-state index >= 15 is 0 Å². The fraction of sp³-hybridized carbons (Fsp3) is 0.148. The van der Waals surface area contributed by atoms with E-state index in [-0.39, 0.29) is 24.0 Å². The lowest BCUT2D eigenvalue weighted by Crippen LogP contribution is -1.98. The van der Waals surface area contributed by atoms with Crippen LogP contribution in [0, 0.1) is 5.82 Å². The van der Waals surface area contributed by atoms with Gasteiger partial charge in [-0.05, 0) is 49.4 Å². The van der Waals surface area contributed by atoms with Crippen molar-refractivity contribution in [2.45, 2.75) is 20.1 Å². The topological polar surface area (TPSA) is 49.7 Å². The number of ketones is 1. The van der Waals surface area contributed by atoms with Crippen LogP contribution < -0.4 is 14.2 Å². The third-order valence-electron chi connectivity index (χ3n) is 5.74. The smallest absolute Gasteiger partial charge is 0.231 e. The summed E-state index contributed by atoms with van der Waals surface area (Å²) in [6.45, 7) is 2.95. The molecule has 6 heteroatoms. The molecular weight excluding hydrogens is 421 g/mol. The lowest BCUT2D eigenvalue weighted by molar-refractivity contribution is 0.101. The molecule has 0 amide bonds. The Bertz CT molecular complexity index is 1400. The molecule has 0 aliphatic carbocycles. The second-order valence-corrected chi connectivity index (χ2v) is 7.73. The summed E-state index contributed by atoms with van der Waals surface area (Å²) in [5, 5.41) is 0.977. The molecule has 0 saturated carbocycles. The average molecular weight is 443 g/mol. The first kappa shape index (κ1) is 20.8. The lowest BCUT2D eigenvalue weighted by atomic mass is 10.1. The highest BCUT2D eigenvalue weighted by Gasteiger charge is 2.28. The number of allylic oxidation sites excluding steroid dienone is 1. The minimum Gasteiger partial charge on any atom is -0.497 e. The molecule has 166 valence electrons. The van der Waals surface area contributed by atoms with Crippen LogP contribution in [0.4, 0.5) is 4.39 Å². The first-order valence-corrected chi connectivity index (χ1v) is 10.7. The third-order valence-corrected chi connectivity index (χ3v) is 5.74. The Hall–Kier alpha value is -4.06. The first-order chi connectivity index (χ1) is 16.1. The maximum Gasteiger partial charge on any atom is 0.231 e. The highest BCUT2D eigenvalue weighted by molar-refractivity contribution is 6.15. The van der Waals surface area contributed by atoms with Gasteiger partial charge in [0.05, 0.1) is 12.7 Å². The number of methoxy groups -OCH3 is 1. The number of fused-ring (bicyclic) bond motifs is 2. The molecule has 1 aliphatic rings. The summed E-state index contributed by atoms with van der Waals surface area (Å²) in [5.74, 6) is 1.40. The van der Waals surface area contributed by atoms with Crippen LogP contribution in [-0.4, -0.2) is 17.5 Å². The van der Waals surface area contributed by atoms with Crippen molar-refractivity contribution in [2.75, 3.05) is 7.11 Å². The largest absolute Gasteiger partial charge is 0.497 e. The molecule has 1 aromatic heterocycles. The van der Waals surface area contributed by atoms with Crippen LogP contribution in [0.5, 0.6) is 17.2 Å². The molecule has 3 aromatic carbocycles. The van der Waals surface area contributed by atoms with Crippen LogP contribution >= 0.6 is 0 Å². The van der Waals surface area contributed by atoms with E-state index in [4.69, 9.17) is 14.2 Å². The minimum atomic E-state index is -0.321. The normalized spacial score (nSPS) is 13.9. The second kappa shape index (κ2) is 8.47. The molecule has 0 bridgehead atoms. The third kappa shape index (κ3) is 3.84. The fourth-order valence-electron chi connectivity index (χ4n) is 3.98. The number of hydrogen-bond acceptors (Lipinski definition) is 4. The van der Waals surface area contributed by atoms with Crippen molar-refractivity contribution >= 4 is 22.8 Å². The van der Waals surface area contributed by atoms with Crippen molar-refractivity contribution in [3.63, 3.8) is 0 Å². The van der Waals surface area contributed by atoms with Gasteiger partial charge < -0.3 is 18.8 Å². The number of rotatable bonds is 6. The summed E-state index contributed by atoms with van der Waals surface area (Å²) in [6, 6.07) is 17.4. The van der Waals surface area contributed by atoms with Crippen LogP contribution in [0.15, 0.2) is 72.6 Å². The Kier molecular flexibility index (Phi) is 5.34. The zero-order valence-corrected chi connectivity index (χ0v) is 18.3. The van der Waals surface area contributed by atoms with Gasteiger partial charge in [0.1, 0.15) is 29.7 Å². The van der Waals surface area contributed by atoms with Gasteiger partial charge in [0.15, 0.2) is 5.76 Å². The lowest BCUT2D eigenvalue weighted by Gasteiger charge is -2.08. The van der Waals surface area contributed by atoms with Gasteiger partial charge in [-0.1, -0.05) is 18.2 Å². The van der Waals surface area contributed by atoms with Crippen molar-refractivity contribution in [1.82, 2.24) is 4.57 Å². The molecule has 33 heavy (non-hydrogen) atoms. The molecule has 0 fully saturated rings. The number of hydrogen-bond donors (Lipinski definition) is 0. The molecule has 5 rings (SSSR count). The van der Waals surface area contributed by atoms with E-state index in [9.17, 15) is 9.18 Å². The maximum atomic E-state index is 13.8. The van der Waals surface area contributed by atoms with E-state index in [2.05, 4.69) is 11.5 Å². The minimum absolute atomic E-state index is 0.0838. The van der Waals surface area contributed by atoms with Gasteiger partial charge in [0.25, 0.3) is 0 Å². The van der Waals surface area contributed by atoms with Gasteiger partial charge >= 0.3 is 0 Å². The van der Waals surface area contributed by atoms with E-state index in [0.717, 1.165) is 28.8 Å². The van der Waals surface area contributed by atoms with Crippen LogP contribution in [0.1, 0.15) is 28.4 Å². The fourth-order valence-corrected chi connectivity index (χ4v) is 3.98. The number of Topliss-reactive ketones (excluding diaryl/α,β-unsaturated/α-hetero) is 1. The van der Waals surface area contributed by atoms with Gasteiger partial charge in [-0.15, -0.1) is 0 Å². The van der Waals surface area contributed by atoms with E-state index in [1.165, 1.54) is 6.07 Å². The van der Waals surface area contributed by atoms with Crippen LogP contribution in [0.25, 0.3) is 17.0 Å². The molecule has 2 heterocycles. The number of carbonyl (C=O) groups is 1. The number of benzene rings is 3. The Balaban J connectivity index is 1.42. The molecule has 0 saturated heterocycles. The van der Waals surface area contributed by atoms with Crippen LogP contribution in [0.2, 0.25) is 0 Å². The van der Waals surface area contributed by atoms with Crippen LogP contribution in [0.3, 0.4) is 0 Å². The predicted octanol–water partition coefficient (Wildman–Crippen LogP) is 6.00. The highest BCUT2D eigenvalue weighted by atomic mass is 19.1. The van der Waals surface area contributed by atoms with Gasteiger partial charge in [-0.25, -0.2) is 4.39 Å². The molecule has 0 spiro atoms. The molecule has 0 radical (unpaired) electrons. The molecule has 5 nitrogen and oxygen atoms in total. The maximum absolute atomic E-state index is 13.8. The van der Waals surface area contributed by atoms with Crippen molar-refractivity contribution in [3.05, 3.63) is 95.1 Å². The molecule has 1 aliphatic heterocycles. The molecule has 0 unspecified atom stereocenters. The van der Waals surface area contributed by atoms with Crippen molar-refractivity contribution < 1.29 is 23.4 Å². The first-order valence-electron chi connectivity index (χ1n) is 10.7. The number of ether oxygens (including phenoxy) is 3. The molecule has 0 N–H and O–H groups in total. The van der Waals surface area contributed by atoms with Crippen LogP contribution in [-0.2, 0) is 13.2 Å². The number of carbonyl (C=O) groups excluding carboxylic acids is 1. The quantitative estimate of drug-likeness (QED) is 0.343. The Labute approximate surface area is 190 Å².